The normalized spacial score (nSPS) is 20.2. The quantitative estimate of drug-likeness (QED) is 0.469. The number of aliphatic hydroxyl groups is 1. The minimum absolute atomic E-state index is 0.0658. The zero-order valence-corrected chi connectivity index (χ0v) is 10.1. The van der Waals surface area contributed by atoms with Crippen LogP contribution >= 0.6 is 0 Å². The smallest absolute Gasteiger partial charge is 0.305 e. The summed E-state index contributed by atoms with van der Waals surface area (Å²) in [5.41, 5.74) is 0. The monoisotopic (exact) mass is 244 g/mol. The fraction of sp³-hybridized carbons (Fsp3) is 0.818. The summed E-state index contributed by atoms with van der Waals surface area (Å²) in [6.45, 7) is 2.12. The Hall–Kier alpha value is -1.14. The van der Waals surface area contributed by atoms with E-state index in [-0.39, 0.29) is 18.0 Å². The summed E-state index contributed by atoms with van der Waals surface area (Å²) >= 11 is 0. The molecule has 1 rings (SSSR count). The molecule has 0 saturated carbocycles. The Labute approximate surface area is 101 Å². The third-order valence-corrected chi connectivity index (χ3v) is 2.72. The summed E-state index contributed by atoms with van der Waals surface area (Å²) in [7, 11) is 1.35. The van der Waals surface area contributed by atoms with Gasteiger partial charge in [0.1, 0.15) is 0 Å². The van der Waals surface area contributed by atoms with Crippen LogP contribution in [0.4, 0.5) is 0 Å². The van der Waals surface area contributed by atoms with Crippen LogP contribution in [0, 0.1) is 0 Å². The molecule has 1 amide bonds. The fourth-order valence-electron chi connectivity index (χ4n) is 1.78. The molecule has 0 spiro atoms. The summed E-state index contributed by atoms with van der Waals surface area (Å²) in [5.74, 6) is -0.328. The molecule has 0 aromatic rings. The summed E-state index contributed by atoms with van der Waals surface area (Å²) in [4.78, 5) is 24.2. The van der Waals surface area contributed by atoms with Crippen LogP contribution in [0.25, 0.3) is 0 Å². The van der Waals surface area contributed by atoms with Gasteiger partial charge in [-0.25, -0.2) is 0 Å². The Morgan fingerprint density at radius 3 is 2.88 bits per heavy atom. The number of carbonyl (C=O) groups is 2. The number of aliphatic hydroxyl groups excluding tert-OH is 1. The van der Waals surface area contributed by atoms with Gasteiger partial charge in [0.05, 0.1) is 19.8 Å². The Balaban J connectivity index is 2.03. The highest BCUT2D eigenvalue weighted by atomic mass is 16.5. The Morgan fingerprint density at radius 1 is 1.53 bits per heavy atom. The lowest BCUT2D eigenvalue weighted by molar-refractivity contribution is -0.140. The van der Waals surface area contributed by atoms with Gasteiger partial charge in [-0.1, -0.05) is 0 Å². The maximum Gasteiger partial charge on any atom is 0.305 e. The van der Waals surface area contributed by atoms with E-state index in [0.717, 1.165) is 13.0 Å². The molecule has 1 aliphatic rings. The number of esters is 1. The molecule has 0 bridgehead atoms. The zero-order valence-electron chi connectivity index (χ0n) is 10.1. The predicted molar refractivity (Wildman–Crippen MR) is 61.3 cm³/mol. The third kappa shape index (κ3) is 5.65. The minimum Gasteiger partial charge on any atom is -0.469 e. The molecule has 0 aliphatic carbocycles. The maximum atomic E-state index is 11.5. The van der Waals surface area contributed by atoms with Gasteiger partial charge >= 0.3 is 5.97 Å². The van der Waals surface area contributed by atoms with Crippen molar-refractivity contribution in [2.75, 3.05) is 33.3 Å². The first-order valence-electron chi connectivity index (χ1n) is 5.85. The average Bonchev–Trinajstić information content (AvgIpc) is 2.69. The number of rotatable bonds is 6. The van der Waals surface area contributed by atoms with Gasteiger partial charge in [0.2, 0.25) is 5.91 Å². The minimum atomic E-state index is -0.304. The molecule has 1 saturated heterocycles. The van der Waals surface area contributed by atoms with Crippen molar-refractivity contribution in [2.24, 2.45) is 0 Å². The second-order valence-electron chi connectivity index (χ2n) is 4.21. The van der Waals surface area contributed by atoms with Gasteiger partial charge in [0.15, 0.2) is 0 Å². The molecular formula is C11H20N2O4. The van der Waals surface area contributed by atoms with Crippen molar-refractivity contribution >= 4 is 11.9 Å². The van der Waals surface area contributed by atoms with E-state index >= 15 is 0 Å². The molecular weight excluding hydrogens is 224 g/mol. The van der Waals surface area contributed by atoms with Crippen molar-refractivity contribution in [3.05, 3.63) is 0 Å². The molecule has 1 heterocycles. The van der Waals surface area contributed by atoms with Crippen molar-refractivity contribution in [1.29, 1.82) is 0 Å². The molecule has 6 nitrogen and oxygen atoms in total. The van der Waals surface area contributed by atoms with E-state index in [2.05, 4.69) is 10.1 Å². The molecule has 98 valence electrons. The van der Waals surface area contributed by atoms with Gasteiger partial charge in [0, 0.05) is 26.1 Å². The van der Waals surface area contributed by atoms with E-state index in [1.54, 1.807) is 0 Å². The summed E-state index contributed by atoms with van der Waals surface area (Å²) in [6, 6.07) is 0. The van der Waals surface area contributed by atoms with Crippen LogP contribution in [-0.4, -0.2) is 61.3 Å². The van der Waals surface area contributed by atoms with Crippen molar-refractivity contribution < 1.29 is 19.4 Å². The zero-order chi connectivity index (χ0) is 12.7. The second kappa shape index (κ2) is 7.24. The molecule has 0 aromatic heterocycles. The number of ether oxygens (including phenoxy) is 1. The van der Waals surface area contributed by atoms with Crippen LogP contribution in [0.2, 0.25) is 0 Å². The molecule has 0 aromatic carbocycles. The topological polar surface area (TPSA) is 78.9 Å². The first-order valence-corrected chi connectivity index (χ1v) is 5.85. The van der Waals surface area contributed by atoms with E-state index in [0.29, 0.717) is 32.5 Å². The van der Waals surface area contributed by atoms with Crippen LogP contribution in [0.5, 0.6) is 0 Å². The summed E-state index contributed by atoms with van der Waals surface area (Å²) in [6.07, 6.45) is 1.33. The van der Waals surface area contributed by atoms with Crippen molar-refractivity contribution in [3.8, 4) is 0 Å². The van der Waals surface area contributed by atoms with E-state index in [4.69, 9.17) is 0 Å². The first-order chi connectivity index (χ1) is 8.11. The number of β-amino-alcohol motifs (C(OH)–C–C–N with tert-alkyl or cyclic N) is 1. The molecule has 6 heteroatoms. The number of carbonyl (C=O) groups excluding carboxylic acids is 2. The van der Waals surface area contributed by atoms with E-state index in [1.165, 1.54) is 7.11 Å². The highest BCUT2D eigenvalue weighted by Gasteiger charge is 2.21. The lowest BCUT2D eigenvalue weighted by Crippen LogP contribution is -2.36. The van der Waals surface area contributed by atoms with Gasteiger partial charge < -0.3 is 15.2 Å². The van der Waals surface area contributed by atoms with Gasteiger partial charge in [-0.15, -0.1) is 0 Å². The molecule has 1 atom stereocenters. The van der Waals surface area contributed by atoms with Crippen LogP contribution < -0.4 is 5.32 Å². The molecule has 2 N–H and O–H groups in total. The molecule has 17 heavy (non-hydrogen) atoms. The Morgan fingerprint density at radius 2 is 2.29 bits per heavy atom. The predicted octanol–water partition coefficient (Wildman–Crippen LogP) is -0.878. The molecule has 0 radical (unpaired) electrons. The number of methoxy groups -OCH3 is 1. The average molecular weight is 244 g/mol. The Kier molecular flexibility index (Phi) is 5.93. The van der Waals surface area contributed by atoms with Crippen LogP contribution in [0.1, 0.15) is 19.3 Å². The van der Waals surface area contributed by atoms with Gasteiger partial charge in [-0.05, 0) is 12.8 Å². The molecule has 1 unspecified atom stereocenters. The van der Waals surface area contributed by atoms with E-state index < -0.39 is 0 Å². The number of amides is 1. The molecule has 1 aliphatic heterocycles. The molecule has 1 fully saturated rings. The van der Waals surface area contributed by atoms with Crippen molar-refractivity contribution in [1.82, 2.24) is 10.2 Å². The van der Waals surface area contributed by atoms with Crippen LogP contribution in [0.3, 0.4) is 0 Å². The SMILES string of the molecule is COC(=O)CCCNC(=O)CN1CCC(O)C1. The number of hydrogen-bond acceptors (Lipinski definition) is 5. The lowest BCUT2D eigenvalue weighted by Gasteiger charge is -2.14. The Bertz CT molecular complexity index is 270. The number of hydrogen-bond donors (Lipinski definition) is 2. The van der Waals surface area contributed by atoms with Gasteiger partial charge in [-0.3, -0.25) is 14.5 Å². The highest BCUT2D eigenvalue weighted by molar-refractivity contribution is 5.78. The summed E-state index contributed by atoms with van der Waals surface area (Å²) in [5, 5.41) is 12.0. The van der Waals surface area contributed by atoms with E-state index in [1.807, 2.05) is 4.90 Å². The fourth-order valence-corrected chi connectivity index (χ4v) is 1.78. The van der Waals surface area contributed by atoms with Gasteiger partial charge in [0.25, 0.3) is 0 Å². The highest BCUT2D eigenvalue weighted by Crippen LogP contribution is 2.07. The summed E-state index contributed by atoms with van der Waals surface area (Å²) < 4.78 is 4.49. The van der Waals surface area contributed by atoms with Crippen LogP contribution in [-0.2, 0) is 14.3 Å². The standard InChI is InChI=1S/C11H20N2O4/c1-17-11(16)3-2-5-12-10(15)8-13-6-4-9(14)7-13/h9,14H,2-8H2,1H3,(H,12,15). The number of likely N-dealkylation sites (tertiary alicyclic amines) is 1. The van der Waals surface area contributed by atoms with Gasteiger partial charge in [-0.2, -0.15) is 0 Å². The number of nitrogens with zero attached hydrogens (tertiary/aromatic N) is 1. The maximum absolute atomic E-state index is 11.5. The van der Waals surface area contributed by atoms with E-state index in [9.17, 15) is 14.7 Å². The first kappa shape index (κ1) is 13.9. The largest absolute Gasteiger partial charge is 0.469 e. The third-order valence-electron chi connectivity index (χ3n) is 2.72. The number of nitrogens with one attached hydrogen (secondary N) is 1. The van der Waals surface area contributed by atoms with Crippen molar-refractivity contribution in [3.63, 3.8) is 0 Å². The van der Waals surface area contributed by atoms with Crippen molar-refractivity contribution in [2.45, 2.75) is 25.4 Å². The second-order valence-corrected chi connectivity index (χ2v) is 4.21. The lowest BCUT2D eigenvalue weighted by atomic mass is 10.3. The van der Waals surface area contributed by atoms with Crippen LogP contribution in [0.15, 0.2) is 0 Å².